The van der Waals surface area contributed by atoms with Gasteiger partial charge in [0.1, 0.15) is 5.75 Å². The number of hydrogen-bond donors (Lipinski definition) is 1. The van der Waals surface area contributed by atoms with Gasteiger partial charge in [-0.15, -0.1) is 0 Å². The second kappa shape index (κ2) is 7.11. The van der Waals surface area contributed by atoms with Crippen LogP contribution in [0.4, 0.5) is 0 Å². The molecule has 1 aliphatic heterocycles. The Kier molecular flexibility index (Phi) is 4.90. The second-order valence-electron chi connectivity index (χ2n) is 6.16. The molecule has 2 aromatic carbocycles. The number of carboxylic acids is 1. The van der Waals surface area contributed by atoms with Crippen LogP contribution in [0.25, 0.3) is 10.8 Å². The predicted molar refractivity (Wildman–Crippen MR) is 93.0 cm³/mol. The van der Waals surface area contributed by atoms with Gasteiger partial charge in [-0.05, 0) is 23.9 Å². The first-order valence-corrected chi connectivity index (χ1v) is 8.16. The summed E-state index contributed by atoms with van der Waals surface area (Å²) in [6.45, 7) is 0.396. The lowest BCUT2D eigenvalue weighted by Gasteiger charge is -2.24. The van der Waals surface area contributed by atoms with E-state index < -0.39 is 5.97 Å². The first-order chi connectivity index (χ1) is 12.0. The first-order valence-electron chi connectivity index (χ1n) is 8.16. The van der Waals surface area contributed by atoms with Crippen LogP contribution in [-0.4, -0.2) is 54.8 Å². The molecule has 1 N–H and O–H groups in total. The van der Waals surface area contributed by atoms with Crippen LogP contribution in [0.5, 0.6) is 5.75 Å². The van der Waals surface area contributed by atoms with Gasteiger partial charge in [0, 0.05) is 30.6 Å². The van der Waals surface area contributed by atoms with Crippen molar-refractivity contribution < 1.29 is 24.2 Å². The summed E-state index contributed by atoms with van der Waals surface area (Å²) in [6, 6.07) is 10.7. The number of rotatable bonds is 5. The predicted octanol–water partition coefficient (Wildman–Crippen LogP) is 2.55. The van der Waals surface area contributed by atoms with E-state index in [9.17, 15) is 9.59 Å². The molecule has 1 saturated heterocycles. The number of benzene rings is 2. The highest BCUT2D eigenvalue weighted by atomic mass is 16.5. The Bertz CT molecular complexity index is 804. The third-order valence-electron chi connectivity index (χ3n) is 4.71. The van der Waals surface area contributed by atoms with Crippen LogP contribution in [0.1, 0.15) is 23.2 Å². The van der Waals surface area contributed by atoms with E-state index in [1.165, 1.54) is 0 Å². The van der Waals surface area contributed by atoms with E-state index >= 15 is 0 Å². The molecule has 0 aliphatic carbocycles. The molecule has 1 fully saturated rings. The van der Waals surface area contributed by atoms with Gasteiger partial charge >= 0.3 is 5.97 Å². The maximum atomic E-state index is 13.2. The minimum Gasteiger partial charge on any atom is -0.496 e. The first kappa shape index (κ1) is 17.2. The van der Waals surface area contributed by atoms with E-state index in [2.05, 4.69) is 0 Å². The van der Waals surface area contributed by atoms with Crippen molar-refractivity contribution in [3.63, 3.8) is 0 Å². The Morgan fingerprint density at radius 3 is 2.52 bits per heavy atom. The lowest BCUT2D eigenvalue weighted by Crippen LogP contribution is -2.37. The fourth-order valence-electron chi connectivity index (χ4n) is 3.48. The molecular formula is C19H21NO5. The van der Waals surface area contributed by atoms with E-state index in [1.807, 2.05) is 24.3 Å². The number of amides is 1. The van der Waals surface area contributed by atoms with Crippen LogP contribution in [0.3, 0.4) is 0 Å². The normalized spacial score (nSPS) is 20.0. The number of likely N-dealkylation sites (tertiary alicyclic amines) is 1. The van der Waals surface area contributed by atoms with E-state index in [0.717, 1.165) is 10.8 Å². The molecule has 2 atom stereocenters. The zero-order chi connectivity index (χ0) is 18.0. The van der Waals surface area contributed by atoms with Gasteiger partial charge in [-0.2, -0.15) is 0 Å². The number of carbonyl (C=O) groups is 2. The summed E-state index contributed by atoms with van der Waals surface area (Å²) in [7, 11) is 3.18. The van der Waals surface area contributed by atoms with Crippen LogP contribution in [0.15, 0.2) is 36.4 Å². The topological polar surface area (TPSA) is 76.1 Å². The highest BCUT2D eigenvalue weighted by molar-refractivity contribution is 6.08. The molecule has 2 aromatic rings. The van der Waals surface area contributed by atoms with Crippen molar-refractivity contribution in [2.75, 3.05) is 20.8 Å². The number of fused-ring (bicyclic) bond motifs is 1. The number of ether oxygens (including phenoxy) is 2. The van der Waals surface area contributed by atoms with Crippen molar-refractivity contribution in [1.82, 2.24) is 4.90 Å². The number of carbonyl (C=O) groups excluding carboxylic acids is 1. The summed E-state index contributed by atoms with van der Waals surface area (Å²) in [4.78, 5) is 25.9. The Labute approximate surface area is 145 Å². The van der Waals surface area contributed by atoms with E-state index in [-0.39, 0.29) is 24.5 Å². The fraction of sp³-hybridized carbons (Fsp3) is 0.368. The van der Waals surface area contributed by atoms with Crippen molar-refractivity contribution in [3.05, 3.63) is 42.0 Å². The van der Waals surface area contributed by atoms with Crippen LogP contribution in [0.2, 0.25) is 0 Å². The zero-order valence-electron chi connectivity index (χ0n) is 14.3. The van der Waals surface area contributed by atoms with Crippen molar-refractivity contribution in [2.24, 2.45) is 0 Å². The number of hydrogen-bond acceptors (Lipinski definition) is 4. The maximum Gasteiger partial charge on any atom is 0.305 e. The molecule has 6 nitrogen and oxygen atoms in total. The van der Waals surface area contributed by atoms with Crippen molar-refractivity contribution in [2.45, 2.75) is 25.0 Å². The Balaban J connectivity index is 1.99. The van der Waals surface area contributed by atoms with Gasteiger partial charge in [-0.25, -0.2) is 0 Å². The lowest BCUT2D eigenvalue weighted by atomic mass is 10.0. The summed E-state index contributed by atoms with van der Waals surface area (Å²) in [5.74, 6) is -0.394. The molecule has 1 heterocycles. The molecule has 0 aromatic heterocycles. The summed E-state index contributed by atoms with van der Waals surface area (Å²) < 4.78 is 10.7. The monoisotopic (exact) mass is 343 g/mol. The Morgan fingerprint density at radius 2 is 1.88 bits per heavy atom. The molecule has 2 unspecified atom stereocenters. The van der Waals surface area contributed by atoms with Crippen LogP contribution < -0.4 is 4.74 Å². The van der Waals surface area contributed by atoms with Gasteiger partial charge < -0.3 is 19.5 Å². The van der Waals surface area contributed by atoms with Crippen LogP contribution >= 0.6 is 0 Å². The minimum absolute atomic E-state index is 0.0836. The molecule has 132 valence electrons. The average Bonchev–Trinajstić information content (AvgIpc) is 3.02. The number of nitrogens with zero attached hydrogens (tertiary/aromatic N) is 1. The van der Waals surface area contributed by atoms with Crippen molar-refractivity contribution >= 4 is 22.6 Å². The van der Waals surface area contributed by atoms with Gasteiger partial charge in [-0.3, -0.25) is 9.59 Å². The molecule has 0 saturated carbocycles. The SMILES string of the molecule is COc1ccc(C(=O)N2CC(OC)CC2CC(=O)O)c2ccccc12. The van der Waals surface area contributed by atoms with Gasteiger partial charge in [0.05, 0.1) is 19.6 Å². The third-order valence-corrected chi connectivity index (χ3v) is 4.71. The van der Waals surface area contributed by atoms with E-state index in [1.54, 1.807) is 31.3 Å². The molecule has 0 spiro atoms. The fourth-order valence-corrected chi connectivity index (χ4v) is 3.48. The van der Waals surface area contributed by atoms with Gasteiger partial charge in [0.2, 0.25) is 0 Å². The number of carboxylic acid groups (broad SMARTS) is 1. The molecule has 1 amide bonds. The second-order valence-corrected chi connectivity index (χ2v) is 6.16. The Hall–Kier alpha value is -2.60. The maximum absolute atomic E-state index is 13.2. The van der Waals surface area contributed by atoms with Gasteiger partial charge in [0.25, 0.3) is 5.91 Å². The summed E-state index contributed by atoms with van der Waals surface area (Å²) >= 11 is 0. The van der Waals surface area contributed by atoms with Crippen LogP contribution in [-0.2, 0) is 9.53 Å². The molecule has 25 heavy (non-hydrogen) atoms. The average molecular weight is 343 g/mol. The summed E-state index contributed by atoms with van der Waals surface area (Å²) in [6.07, 6.45) is 0.306. The lowest BCUT2D eigenvalue weighted by molar-refractivity contribution is -0.137. The summed E-state index contributed by atoms with van der Waals surface area (Å²) in [5.41, 5.74) is 0.545. The highest BCUT2D eigenvalue weighted by Gasteiger charge is 2.37. The van der Waals surface area contributed by atoms with Crippen molar-refractivity contribution in [1.29, 1.82) is 0 Å². The third kappa shape index (κ3) is 3.30. The van der Waals surface area contributed by atoms with Gasteiger partial charge in [-0.1, -0.05) is 24.3 Å². The number of methoxy groups -OCH3 is 2. The summed E-state index contributed by atoms with van der Waals surface area (Å²) in [5, 5.41) is 10.8. The quantitative estimate of drug-likeness (QED) is 0.903. The minimum atomic E-state index is -0.917. The Morgan fingerprint density at radius 1 is 1.16 bits per heavy atom. The smallest absolute Gasteiger partial charge is 0.305 e. The van der Waals surface area contributed by atoms with Crippen LogP contribution in [0, 0.1) is 0 Å². The molecule has 3 rings (SSSR count). The molecule has 1 aliphatic rings. The van der Waals surface area contributed by atoms with Crippen molar-refractivity contribution in [3.8, 4) is 5.75 Å². The molecule has 6 heteroatoms. The van der Waals surface area contributed by atoms with E-state index in [0.29, 0.717) is 24.3 Å². The standard InChI is InChI=1S/C19H21NO5/c1-24-13-9-12(10-18(21)22)20(11-13)19(23)16-7-8-17(25-2)15-6-4-3-5-14(15)16/h3-8,12-13H,9-11H2,1-2H3,(H,21,22). The molecule has 0 radical (unpaired) electrons. The molecule has 0 bridgehead atoms. The largest absolute Gasteiger partial charge is 0.496 e. The highest BCUT2D eigenvalue weighted by Crippen LogP contribution is 2.31. The zero-order valence-corrected chi connectivity index (χ0v) is 14.3. The van der Waals surface area contributed by atoms with Gasteiger partial charge in [0.15, 0.2) is 0 Å². The molecular weight excluding hydrogens is 322 g/mol. The van der Waals surface area contributed by atoms with E-state index in [4.69, 9.17) is 14.6 Å². The number of aliphatic carboxylic acids is 1.